The molecule has 0 spiro atoms. The molecule has 0 radical (unpaired) electrons. The molecule has 1 amide bonds. The van der Waals surface area contributed by atoms with Crippen LogP contribution in [0.4, 0.5) is 5.82 Å². The third-order valence-electron chi connectivity index (χ3n) is 4.66. The predicted octanol–water partition coefficient (Wildman–Crippen LogP) is 1.78. The normalized spacial score (nSPS) is 12.5. The number of H-pyrrole nitrogens is 1. The van der Waals surface area contributed by atoms with E-state index >= 15 is 0 Å². The fourth-order valence-electron chi connectivity index (χ4n) is 3.28. The number of anilines is 1. The van der Waals surface area contributed by atoms with E-state index in [4.69, 9.17) is 9.47 Å². The van der Waals surface area contributed by atoms with Crippen molar-refractivity contribution in [1.82, 2.24) is 19.7 Å². The summed E-state index contributed by atoms with van der Waals surface area (Å²) in [6.07, 6.45) is 2.42. The summed E-state index contributed by atoms with van der Waals surface area (Å²) in [5, 5.41) is 7.11. The van der Waals surface area contributed by atoms with Crippen LogP contribution in [0.5, 0.6) is 11.5 Å². The van der Waals surface area contributed by atoms with Crippen LogP contribution < -0.4 is 20.3 Å². The summed E-state index contributed by atoms with van der Waals surface area (Å²) < 4.78 is 12.0. The molecule has 1 aliphatic carbocycles. The molecule has 2 aromatic heterocycles. The van der Waals surface area contributed by atoms with Crippen molar-refractivity contribution in [3.05, 3.63) is 57.6 Å². The maximum atomic E-state index is 12.4. The monoisotopic (exact) mass is 395 g/mol. The predicted molar refractivity (Wildman–Crippen MR) is 106 cm³/mol. The van der Waals surface area contributed by atoms with Crippen LogP contribution in [0.2, 0.25) is 0 Å². The number of aryl methyl sites for hydroxylation is 2. The minimum Gasteiger partial charge on any atom is -0.497 e. The summed E-state index contributed by atoms with van der Waals surface area (Å²) in [4.78, 5) is 31.9. The van der Waals surface area contributed by atoms with E-state index in [0.717, 1.165) is 30.5 Å². The van der Waals surface area contributed by atoms with Gasteiger partial charge in [0.15, 0.2) is 6.61 Å². The van der Waals surface area contributed by atoms with E-state index in [1.165, 1.54) is 4.68 Å². The highest BCUT2D eigenvalue weighted by Gasteiger charge is 2.20. The van der Waals surface area contributed by atoms with E-state index in [1.54, 1.807) is 44.4 Å². The van der Waals surface area contributed by atoms with Gasteiger partial charge in [-0.3, -0.25) is 14.6 Å². The molecule has 1 aliphatic rings. The average molecular weight is 395 g/mol. The van der Waals surface area contributed by atoms with Crippen LogP contribution in [0.3, 0.4) is 0 Å². The summed E-state index contributed by atoms with van der Waals surface area (Å²) >= 11 is 0. The lowest BCUT2D eigenvalue weighted by Crippen LogP contribution is -2.24. The first kappa shape index (κ1) is 18.7. The van der Waals surface area contributed by atoms with Gasteiger partial charge >= 0.3 is 0 Å². The molecule has 3 aromatic rings. The number of carbonyl (C=O) groups is 1. The number of aromatic nitrogens is 4. The van der Waals surface area contributed by atoms with Gasteiger partial charge in [-0.25, -0.2) is 4.98 Å². The first-order chi connectivity index (χ1) is 14.0. The topological polar surface area (TPSA) is 111 Å². The third kappa shape index (κ3) is 3.98. The molecule has 2 heterocycles. The number of hydrogen-bond donors (Lipinski definition) is 2. The first-order valence-corrected chi connectivity index (χ1v) is 9.29. The van der Waals surface area contributed by atoms with Gasteiger partial charge in [0.2, 0.25) is 5.95 Å². The molecule has 0 atom stereocenters. The maximum absolute atomic E-state index is 12.4. The third-order valence-corrected chi connectivity index (χ3v) is 4.66. The van der Waals surface area contributed by atoms with Gasteiger partial charge in [0.1, 0.15) is 17.3 Å². The van der Waals surface area contributed by atoms with Crippen molar-refractivity contribution in [2.75, 3.05) is 19.0 Å². The van der Waals surface area contributed by atoms with Crippen molar-refractivity contribution < 1.29 is 14.3 Å². The number of methoxy groups -OCH3 is 1. The van der Waals surface area contributed by atoms with Crippen molar-refractivity contribution in [1.29, 1.82) is 0 Å². The van der Waals surface area contributed by atoms with E-state index in [2.05, 4.69) is 20.4 Å². The number of ether oxygens (including phenoxy) is 2. The summed E-state index contributed by atoms with van der Waals surface area (Å²) in [6, 6.07) is 8.65. The maximum Gasteiger partial charge on any atom is 0.263 e. The molecule has 0 saturated carbocycles. The number of hydrogen-bond acceptors (Lipinski definition) is 6. The number of benzene rings is 1. The Bertz CT molecular complexity index is 1100. The number of aromatic amines is 1. The molecule has 2 N–H and O–H groups in total. The fourth-order valence-corrected chi connectivity index (χ4v) is 3.28. The Hall–Kier alpha value is -3.62. The summed E-state index contributed by atoms with van der Waals surface area (Å²) in [5.74, 6) is 1.60. The van der Waals surface area contributed by atoms with Crippen LogP contribution in [0.25, 0.3) is 5.95 Å². The smallest absolute Gasteiger partial charge is 0.263 e. The Balaban J connectivity index is 1.49. The molecule has 4 rings (SSSR count). The Labute approximate surface area is 166 Å². The van der Waals surface area contributed by atoms with Crippen LogP contribution in [-0.2, 0) is 17.6 Å². The van der Waals surface area contributed by atoms with E-state index in [0.29, 0.717) is 23.0 Å². The van der Waals surface area contributed by atoms with Gasteiger partial charge < -0.3 is 14.8 Å². The number of nitrogens with zero attached hydrogens (tertiary/aromatic N) is 3. The zero-order valence-corrected chi connectivity index (χ0v) is 16.2. The van der Waals surface area contributed by atoms with Crippen LogP contribution in [-0.4, -0.2) is 39.4 Å². The lowest BCUT2D eigenvalue weighted by molar-refractivity contribution is -0.118. The number of carbonyl (C=O) groups excluding carboxylic acids is 1. The Morgan fingerprint density at radius 1 is 1.24 bits per heavy atom. The SMILES string of the molecule is COc1ccc(OCC(=O)Nc2cc(C)nn2-c2nc3c(c(=O)[nH]2)CCC3)cc1. The van der Waals surface area contributed by atoms with Gasteiger partial charge in [-0.2, -0.15) is 9.78 Å². The van der Waals surface area contributed by atoms with Gasteiger partial charge in [0.05, 0.1) is 18.5 Å². The van der Waals surface area contributed by atoms with Crippen LogP contribution >= 0.6 is 0 Å². The summed E-state index contributed by atoms with van der Waals surface area (Å²) in [7, 11) is 1.58. The highest BCUT2D eigenvalue weighted by molar-refractivity contribution is 5.91. The largest absolute Gasteiger partial charge is 0.497 e. The molecule has 9 nitrogen and oxygen atoms in total. The molecular formula is C20H21N5O4. The molecule has 0 saturated heterocycles. The van der Waals surface area contributed by atoms with E-state index in [9.17, 15) is 9.59 Å². The van der Waals surface area contributed by atoms with E-state index in [1.807, 2.05) is 0 Å². The Morgan fingerprint density at radius 3 is 2.76 bits per heavy atom. The van der Waals surface area contributed by atoms with E-state index in [-0.39, 0.29) is 24.0 Å². The summed E-state index contributed by atoms with van der Waals surface area (Å²) in [5.41, 5.74) is 2.04. The molecule has 0 unspecified atom stereocenters. The average Bonchev–Trinajstić information content (AvgIpc) is 3.33. The molecular weight excluding hydrogens is 374 g/mol. The minimum absolute atomic E-state index is 0.157. The number of rotatable bonds is 6. The van der Waals surface area contributed by atoms with E-state index < -0.39 is 0 Å². The highest BCUT2D eigenvalue weighted by atomic mass is 16.5. The second-order valence-electron chi connectivity index (χ2n) is 6.76. The molecule has 150 valence electrons. The second kappa shape index (κ2) is 7.78. The number of fused-ring (bicyclic) bond motifs is 1. The summed E-state index contributed by atoms with van der Waals surface area (Å²) in [6.45, 7) is 1.62. The van der Waals surface area contributed by atoms with Crippen molar-refractivity contribution in [3.63, 3.8) is 0 Å². The van der Waals surface area contributed by atoms with Crippen LogP contribution in [0, 0.1) is 6.92 Å². The molecule has 0 aliphatic heterocycles. The highest BCUT2D eigenvalue weighted by Crippen LogP contribution is 2.20. The molecule has 1 aromatic carbocycles. The van der Waals surface area contributed by atoms with Crippen LogP contribution in [0.1, 0.15) is 23.4 Å². The van der Waals surface area contributed by atoms with Gasteiger partial charge in [0, 0.05) is 11.6 Å². The molecule has 0 fully saturated rings. The molecule has 0 bridgehead atoms. The Kier molecular flexibility index (Phi) is 5.03. The molecule has 9 heteroatoms. The van der Waals surface area contributed by atoms with Gasteiger partial charge in [-0.1, -0.05) is 0 Å². The van der Waals surface area contributed by atoms with Gasteiger partial charge in [0.25, 0.3) is 11.5 Å². The number of nitrogens with one attached hydrogen (secondary N) is 2. The van der Waals surface area contributed by atoms with Crippen LogP contribution in [0.15, 0.2) is 35.1 Å². The molecule has 29 heavy (non-hydrogen) atoms. The standard InChI is InChI=1S/C20H21N5O4/c1-12-10-17(22-18(26)11-29-14-8-6-13(28-2)7-9-14)25(24-12)20-21-16-5-3-4-15(16)19(27)23-20/h6-10H,3-5,11H2,1-2H3,(H,22,26)(H,21,23,27). The lowest BCUT2D eigenvalue weighted by Gasteiger charge is -2.10. The van der Waals surface area contributed by atoms with Crippen molar-refractivity contribution in [2.45, 2.75) is 26.2 Å². The van der Waals surface area contributed by atoms with Gasteiger partial charge in [-0.05, 0) is 50.5 Å². The lowest BCUT2D eigenvalue weighted by atomic mass is 10.3. The quantitative estimate of drug-likeness (QED) is 0.658. The number of amides is 1. The minimum atomic E-state index is -0.356. The second-order valence-corrected chi connectivity index (χ2v) is 6.76. The first-order valence-electron chi connectivity index (χ1n) is 9.29. The van der Waals surface area contributed by atoms with Crippen molar-refractivity contribution in [3.8, 4) is 17.4 Å². The fraction of sp³-hybridized carbons (Fsp3) is 0.300. The van der Waals surface area contributed by atoms with Crippen molar-refractivity contribution >= 4 is 11.7 Å². The van der Waals surface area contributed by atoms with Gasteiger partial charge in [-0.15, -0.1) is 0 Å². The van der Waals surface area contributed by atoms with Crippen molar-refractivity contribution in [2.24, 2.45) is 0 Å². The Morgan fingerprint density at radius 2 is 2.00 bits per heavy atom. The zero-order valence-electron chi connectivity index (χ0n) is 16.2. The zero-order chi connectivity index (χ0) is 20.4.